The van der Waals surface area contributed by atoms with E-state index < -0.39 is 23.3 Å². The maximum absolute atomic E-state index is 13.7. The number of benzene rings is 1. The van der Waals surface area contributed by atoms with Gasteiger partial charge in [-0.25, -0.2) is 9.18 Å². The van der Waals surface area contributed by atoms with Gasteiger partial charge in [0.25, 0.3) is 5.91 Å². The van der Waals surface area contributed by atoms with Gasteiger partial charge in [-0.05, 0) is 43.7 Å². The summed E-state index contributed by atoms with van der Waals surface area (Å²) in [6.45, 7) is 3.78. The molecule has 2 fully saturated rings. The standard InChI is InChI=1S/C22H23ClFN5O3/c1-14-3-2-4-18(25-14)22(20(31)26-21(32)27-22)6-5-19(30)29-9-7-28(8-10-29)17-12-15(23)11-16(24)13-17/h2-4,11-13H,5-10H2,1H3,(H2,26,27,31,32). The number of nitrogens with zero attached hydrogens (tertiary/aromatic N) is 3. The molecule has 2 aliphatic rings. The molecule has 4 amide bonds. The number of carbonyl (C=O) groups is 3. The average molecular weight is 460 g/mol. The van der Waals surface area contributed by atoms with Crippen molar-refractivity contribution in [3.63, 3.8) is 0 Å². The molecule has 0 spiro atoms. The van der Waals surface area contributed by atoms with Crippen LogP contribution in [0.15, 0.2) is 36.4 Å². The Morgan fingerprint density at radius 1 is 1.19 bits per heavy atom. The van der Waals surface area contributed by atoms with Crippen LogP contribution in [-0.2, 0) is 15.1 Å². The molecule has 0 bridgehead atoms. The zero-order chi connectivity index (χ0) is 22.9. The fourth-order valence-electron chi connectivity index (χ4n) is 4.15. The third kappa shape index (κ3) is 4.38. The van der Waals surface area contributed by atoms with E-state index in [4.69, 9.17) is 11.6 Å². The molecule has 168 valence electrons. The lowest BCUT2D eigenvalue weighted by molar-refractivity contribution is -0.132. The minimum absolute atomic E-state index is 0.0646. The molecular formula is C22H23ClFN5O3. The highest BCUT2D eigenvalue weighted by molar-refractivity contribution is 6.30. The molecule has 2 aromatic rings. The molecule has 1 aromatic heterocycles. The van der Waals surface area contributed by atoms with E-state index in [0.29, 0.717) is 48.3 Å². The molecule has 1 atom stereocenters. The van der Waals surface area contributed by atoms with Gasteiger partial charge in [-0.15, -0.1) is 0 Å². The average Bonchev–Trinajstić information content (AvgIpc) is 3.05. The molecule has 2 N–H and O–H groups in total. The highest BCUT2D eigenvalue weighted by Crippen LogP contribution is 2.30. The van der Waals surface area contributed by atoms with Gasteiger partial charge in [-0.3, -0.25) is 19.9 Å². The van der Waals surface area contributed by atoms with Crippen molar-refractivity contribution in [2.45, 2.75) is 25.3 Å². The molecule has 2 saturated heterocycles. The summed E-state index contributed by atoms with van der Waals surface area (Å²) in [5, 5.41) is 5.25. The van der Waals surface area contributed by atoms with E-state index in [1.165, 1.54) is 12.1 Å². The number of anilines is 1. The summed E-state index contributed by atoms with van der Waals surface area (Å²) in [6, 6.07) is 8.99. The Bertz CT molecular complexity index is 1050. The summed E-state index contributed by atoms with van der Waals surface area (Å²) in [5.41, 5.74) is 0.410. The van der Waals surface area contributed by atoms with E-state index in [1.54, 1.807) is 36.1 Å². The number of aryl methyl sites for hydroxylation is 1. The second kappa shape index (κ2) is 8.74. The maximum Gasteiger partial charge on any atom is 0.322 e. The number of amides is 4. The van der Waals surface area contributed by atoms with Gasteiger partial charge in [0.2, 0.25) is 5.91 Å². The Labute approximate surface area is 189 Å². The van der Waals surface area contributed by atoms with E-state index >= 15 is 0 Å². The van der Waals surface area contributed by atoms with E-state index in [1.807, 2.05) is 4.90 Å². The first-order chi connectivity index (χ1) is 15.3. The number of piperazine rings is 1. The smallest absolute Gasteiger partial charge is 0.322 e. The van der Waals surface area contributed by atoms with Crippen molar-refractivity contribution < 1.29 is 18.8 Å². The van der Waals surface area contributed by atoms with Crippen molar-refractivity contribution in [3.8, 4) is 0 Å². The van der Waals surface area contributed by atoms with Crippen LogP contribution in [0.2, 0.25) is 5.02 Å². The number of rotatable bonds is 5. The Balaban J connectivity index is 1.41. The van der Waals surface area contributed by atoms with Crippen molar-refractivity contribution in [2.24, 2.45) is 0 Å². The highest BCUT2D eigenvalue weighted by Gasteiger charge is 2.49. The summed E-state index contributed by atoms with van der Waals surface area (Å²) >= 11 is 5.95. The Hall–Kier alpha value is -3.20. The van der Waals surface area contributed by atoms with Gasteiger partial charge in [0.15, 0.2) is 5.54 Å². The number of hydrogen-bond acceptors (Lipinski definition) is 5. The van der Waals surface area contributed by atoms with Crippen LogP contribution in [0.1, 0.15) is 24.2 Å². The monoisotopic (exact) mass is 459 g/mol. The number of halogens is 2. The first-order valence-corrected chi connectivity index (χ1v) is 10.7. The van der Waals surface area contributed by atoms with Gasteiger partial charge in [-0.2, -0.15) is 0 Å². The van der Waals surface area contributed by atoms with Crippen molar-refractivity contribution in [3.05, 3.63) is 58.6 Å². The fraction of sp³-hybridized carbons (Fsp3) is 0.364. The molecule has 32 heavy (non-hydrogen) atoms. The minimum atomic E-state index is -1.38. The quantitative estimate of drug-likeness (QED) is 0.669. The van der Waals surface area contributed by atoms with Crippen molar-refractivity contribution >= 4 is 35.1 Å². The molecule has 2 aliphatic heterocycles. The number of pyridine rings is 1. The molecule has 1 unspecified atom stereocenters. The van der Waals surface area contributed by atoms with E-state index in [0.717, 1.165) is 0 Å². The third-order valence-corrected chi connectivity index (χ3v) is 6.04. The maximum atomic E-state index is 13.7. The van der Waals surface area contributed by atoms with E-state index in [2.05, 4.69) is 15.6 Å². The molecule has 8 nitrogen and oxygen atoms in total. The highest BCUT2D eigenvalue weighted by atomic mass is 35.5. The topological polar surface area (TPSA) is 94.6 Å². The predicted molar refractivity (Wildman–Crippen MR) is 117 cm³/mol. The molecule has 10 heteroatoms. The van der Waals surface area contributed by atoms with Crippen LogP contribution in [0.25, 0.3) is 0 Å². The van der Waals surface area contributed by atoms with Crippen molar-refractivity contribution in [2.75, 3.05) is 31.1 Å². The Morgan fingerprint density at radius 3 is 2.56 bits per heavy atom. The third-order valence-electron chi connectivity index (χ3n) is 5.83. The van der Waals surface area contributed by atoms with Gasteiger partial charge in [0.05, 0.1) is 5.69 Å². The number of imide groups is 1. The SMILES string of the molecule is Cc1cccc(C2(CCC(=O)N3CCN(c4cc(F)cc(Cl)c4)CC3)NC(=O)NC2=O)n1. The Morgan fingerprint density at radius 2 is 1.94 bits per heavy atom. The van der Waals surface area contributed by atoms with Crippen LogP contribution in [-0.4, -0.2) is 53.9 Å². The van der Waals surface area contributed by atoms with Crippen LogP contribution in [0.3, 0.4) is 0 Å². The van der Waals surface area contributed by atoms with Crippen LogP contribution in [0.4, 0.5) is 14.9 Å². The zero-order valence-electron chi connectivity index (χ0n) is 17.5. The van der Waals surface area contributed by atoms with Crippen LogP contribution < -0.4 is 15.5 Å². The van der Waals surface area contributed by atoms with Gasteiger partial charge >= 0.3 is 6.03 Å². The first kappa shape index (κ1) is 22.0. The number of nitrogens with one attached hydrogen (secondary N) is 2. The number of carbonyl (C=O) groups excluding carboxylic acids is 3. The molecule has 0 radical (unpaired) electrons. The summed E-state index contributed by atoms with van der Waals surface area (Å²) in [4.78, 5) is 45.5. The lowest BCUT2D eigenvalue weighted by atomic mass is 9.88. The predicted octanol–water partition coefficient (Wildman–Crippen LogP) is 2.35. The summed E-state index contributed by atoms with van der Waals surface area (Å²) in [7, 11) is 0. The fourth-order valence-corrected chi connectivity index (χ4v) is 4.36. The largest absolute Gasteiger partial charge is 0.368 e. The van der Waals surface area contributed by atoms with Gasteiger partial charge in [-0.1, -0.05) is 17.7 Å². The van der Waals surface area contributed by atoms with Crippen molar-refractivity contribution in [1.29, 1.82) is 0 Å². The molecule has 0 saturated carbocycles. The second-order valence-corrected chi connectivity index (χ2v) is 8.41. The summed E-state index contributed by atoms with van der Waals surface area (Å²) in [5.74, 6) is -1.04. The normalized spacial score (nSPS) is 20.8. The number of aromatic nitrogens is 1. The van der Waals surface area contributed by atoms with E-state index in [9.17, 15) is 18.8 Å². The zero-order valence-corrected chi connectivity index (χ0v) is 18.3. The van der Waals surface area contributed by atoms with Crippen LogP contribution in [0.5, 0.6) is 0 Å². The lowest BCUT2D eigenvalue weighted by Gasteiger charge is -2.36. The lowest BCUT2D eigenvalue weighted by Crippen LogP contribution is -2.50. The number of urea groups is 1. The van der Waals surface area contributed by atoms with Gasteiger partial charge in [0.1, 0.15) is 5.82 Å². The van der Waals surface area contributed by atoms with Crippen LogP contribution >= 0.6 is 11.6 Å². The van der Waals surface area contributed by atoms with Crippen LogP contribution in [0, 0.1) is 12.7 Å². The second-order valence-electron chi connectivity index (χ2n) is 7.97. The molecule has 3 heterocycles. The summed E-state index contributed by atoms with van der Waals surface area (Å²) in [6.07, 6.45) is 0.161. The summed E-state index contributed by atoms with van der Waals surface area (Å²) < 4.78 is 13.7. The minimum Gasteiger partial charge on any atom is -0.368 e. The van der Waals surface area contributed by atoms with Gasteiger partial charge < -0.3 is 15.1 Å². The first-order valence-electron chi connectivity index (χ1n) is 10.3. The molecule has 0 aliphatic carbocycles. The van der Waals surface area contributed by atoms with E-state index in [-0.39, 0.29) is 18.7 Å². The van der Waals surface area contributed by atoms with Gasteiger partial charge in [0, 0.05) is 49.0 Å². The molecule has 4 rings (SSSR count). The number of hydrogen-bond donors (Lipinski definition) is 2. The Kier molecular flexibility index (Phi) is 6.01. The molecule has 1 aromatic carbocycles. The van der Waals surface area contributed by atoms with Crippen molar-refractivity contribution in [1.82, 2.24) is 20.5 Å². The molecular weight excluding hydrogens is 437 g/mol.